The minimum absolute atomic E-state index is 0.0641. The van der Waals surface area contributed by atoms with Crippen LogP contribution in [0.25, 0.3) is 10.9 Å². The molecule has 1 aliphatic carbocycles. The summed E-state index contributed by atoms with van der Waals surface area (Å²) in [5, 5.41) is 12.5. The molecular weight excluding hydrogens is 344 g/mol. The van der Waals surface area contributed by atoms with Crippen molar-refractivity contribution in [3.8, 4) is 0 Å². The van der Waals surface area contributed by atoms with Crippen LogP contribution in [0.4, 0.5) is 14.5 Å². The number of anilines is 1. The van der Waals surface area contributed by atoms with Gasteiger partial charge in [0.1, 0.15) is 17.2 Å². The lowest BCUT2D eigenvalue weighted by atomic mass is 10.1. The Labute approximate surface area is 148 Å². The zero-order valence-electron chi connectivity index (χ0n) is 14.3. The lowest BCUT2D eigenvalue weighted by molar-refractivity contribution is 0.0684. The highest BCUT2D eigenvalue weighted by molar-refractivity contribution is 5.92. The quantitative estimate of drug-likeness (QED) is 0.874. The maximum Gasteiger partial charge on any atom is 0.352 e. The molecule has 1 unspecified atom stereocenters. The molecule has 1 aromatic heterocycles. The first-order chi connectivity index (χ1) is 12.4. The van der Waals surface area contributed by atoms with Crippen LogP contribution in [-0.4, -0.2) is 41.3 Å². The van der Waals surface area contributed by atoms with Crippen molar-refractivity contribution in [2.75, 3.05) is 24.5 Å². The van der Waals surface area contributed by atoms with Gasteiger partial charge >= 0.3 is 5.97 Å². The number of nitrogens with zero attached hydrogens (tertiary/aromatic N) is 2. The van der Waals surface area contributed by atoms with Gasteiger partial charge in [-0.25, -0.2) is 13.6 Å². The molecule has 138 valence electrons. The number of fused-ring (bicyclic) bond motifs is 1. The minimum atomic E-state index is -1.29. The van der Waals surface area contributed by atoms with Crippen LogP contribution in [0.1, 0.15) is 36.3 Å². The Morgan fingerprint density at radius 1 is 1.31 bits per heavy atom. The average Bonchev–Trinajstić information content (AvgIpc) is 3.40. The first-order valence-corrected chi connectivity index (χ1v) is 8.67. The maximum absolute atomic E-state index is 15.5. The molecule has 1 saturated heterocycles. The summed E-state index contributed by atoms with van der Waals surface area (Å²) in [6.07, 6.45) is 1.41. The van der Waals surface area contributed by atoms with Crippen LogP contribution in [0.15, 0.2) is 16.9 Å². The number of hydrogen-bond acceptors (Lipinski definition) is 4. The number of piperazine rings is 1. The molecule has 26 heavy (non-hydrogen) atoms. The molecule has 1 aromatic carbocycles. The summed E-state index contributed by atoms with van der Waals surface area (Å²) in [6, 6.07) is 1.87. The Balaban J connectivity index is 2.02. The van der Waals surface area contributed by atoms with Crippen molar-refractivity contribution in [1.29, 1.82) is 0 Å². The molecule has 8 heteroatoms. The van der Waals surface area contributed by atoms with Crippen LogP contribution in [-0.2, 0) is 0 Å². The maximum atomic E-state index is 15.5. The molecule has 6 nitrogen and oxygen atoms in total. The largest absolute Gasteiger partial charge is 0.477 e. The summed E-state index contributed by atoms with van der Waals surface area (Å²) in [4.78, 5) is 25.5. The fraction of sp³-hybridized carbons (Fsp3) is 0.444. The van der Waals surface area contributed by atoms with Gasteiger partial charge in [0.2, 0.25) is 0 Å². The molecule has 0 radical (unpaired) electrons. The van der Waals surface area contributed by atoms with E-state index < -0.39 is 23.0 Å². The third-order valence-corrected chi connectivity index (χ3v) is 5.02. The highest BCUT2D eigenvalue weighted by Crippen LogP contribution is 2.40. The second kappa shape index (κ2) is 6.05. The van der Waals surface area contributed by atoms with Crippen molar-refractivity contribution < 1.29 is 18.7 Å². The zero-order chi connectivity index (χ0) is 18.6. The van der Waals surface area contributed by atoms with Crippen LogP contribution in [0.5, 0.6) is 0 Å². The minimum Gasteiger partial charge on any atom is -0.477 e. The van der Waals surface area contributed by atoms with E-state index in [0.717, 1.165) is 12.1 Å². The van der Waals surface area contributed by atoms with E-state index >= 15 is 4.39 Å². The Kier molecular flexibility index (Phi) is 3.95. The fourth-order valence-corrected chi connectivity index (χ4v) is 3.72. The van der Waals surface area contributed by atoms with Gasteiger partial charge in [0.25, 0.3) is 0 Å². The van der Waals surface area contributed by atoms with Gasteiger partial charge in [-0.05, 0) is 25.8 Å². The molecule has 0 bridgehead atoms. The number of halogens is 2. The molecule has 1 saturated carbocycles. The molecule has 0 spiro atoms. The average molecular weight is 363 g/mol. The summed E-state index contributed by atoms with van der Waals surface area (Å²) in [7, 11) is 0. The normalized spacial score (nSPS) is 20.6. The molecule has 2 aromatic rings. The first-order valence-electron chi connectivity index (χ1n) is 8.67. The molecule has 2 fully saturated rings. The number of carboxylic acids is 1. The van der Waals surface area contributed by atoms with E-state index in [-0.39, 0.29) is 34.4 Å². The number of hydrogen-bond donors (Lipinski definition) is 2. The van der Waals surface area contributed by atoms with Gasteiger partial charge in [-0.15, -0.1) is 0 Å². The van der Waals surface area contributed by atoms with E-state index in [1.54, 1.807) is 4.90 Å². The van der Waals surface area contributed by atoms with E-state index in [2.05, 4.69) is 5.32 Å². The van der Waals surface area contributed by atoms with E-state index in [1.165, 1.54) is 4.57 Å². The highest BCUT2D eigenvalue weighted by Gasteiger charge is 2.33. The SMILES string of the molecule is CC1CN(c2c(F)cc3c(=O)cc(C(=O)O)n(C4CC4)c3c2F)CCN1. The Morgan fingerprint density at radius 2 is 2.04 bits per heavy atom. The lowest BCUT2D eigenvalue weighted by Gasteiger charge is -2.34. The van der Waals surface area contributed by atoms with Gasteiger partial charge in [-0.2, -0.15) is 0 Å². The number of carboxylic acid groups (broad SMARTS) is 1. The summed E-state index contributed by atoms with van der Waals surface area (Å²) in [6.45, 7) is 3.36. The number of carbonyl (C=O) groups is 1. The third-order valence-electron chi connectivity index (χ3n) is 5.02. The van der Waals surface area contributed by atoms with Crippen molar-refractivity contribution in [2.45, 2.75) is 31.8 Å². The van der Waals surface area contributed by atoms with Gasteiger partial charge in [-0.1, -0.05) is 0 Å². The third kappa shape index (κ3) is 2.65. The van der Waals surface area contributed by atoms with Gasteiger partial charge in [0.05, 0.1) is 10.9 Å². The van der Waals surface area contributed by atoms with Crippen LogP contribution < -0.4 is 15.6 Å². The Bertz CT molecular complexity index is 969. The number of pyridine rings is 1. The van der Waals surface area contributed by atoms with Crippen LogP contribution in [0, 0.1) is 11.6 Å². The van der Waals surface area contributed by atoms with Gasteiger partial charge < -0.3 is 19.9 Å². The molecule has 2 aliphatic rings. The second-order valence-electron chi connectivity index (χ2n) is 7.02. The van der Waals surface area contributed by atoms with E-state index in [1.807, 2.05) is 6.92 Å². The lowest BCUT2D eigenvalue weighted by Crippen LogP contribution is -2.49. The van der Waals surface area contributed by atoms with Crippen molar-refractivity contribution in [3.05, 3.63) is 39.7 Å². The Morgan fingerprint density at radius 3 is 2.65 bits per heavy atom. The Hall–Kier alpha value is -2.48. The smallest absolute Gasteiger partial charge is 0.352 e. The number of aromatic nitrogens is 1. The molecule has 1 aliphatic heterocycles. The molecular formula is C18H19F2N3O3. The molecule has 0 amide bonds. The highest BCUT2D eigenvalue weighted by atomic mass is 19.1. The summed E-state index contributed by atoms with van der Waals surface area (Å²) in [5.74, 6) is -2.95. The number of aromatic carboxylic acids is 1. The fourth-order valence-electron chi connectivity index (χ4n) is 3.72. The molecule has 4 rings (SSSR count). The van der Waals surface area contributed by atoms with E-state index in [9.17, 15) is 19.1 Å². The van der Waals surface area contributed by atoms with Crippen molar-refractivity contribution in [2.24, 2.45) is 0 Å². The zero-order valence-corrected chi connectivity index (χ0v) is 14.3. The van der Waals surface area contributed by atoms with Gasteiger partial charge in [-0.3, -0.25) is 4.79 Å². The van der Waals surface area contributed by atoms with Crippen molar-refractivity contribution >= 4 is 22.6 Å². The predicted molar refractivity (Wildman–Crippen MR) is 93.0 cm³/mol. The molecule has 1 atom stereocenters. The van der Waals surface area contributed by atoms with Gasteiger partial charge in [0.15, 0.2) is 11.2 Å². The number of benzene rings is 1. The van der Waals surface area contributed by atoms with E-state index in [0.29, 0.717) is 32.5 Å². The van der Waals surface area contributed by atoms with Crippen LogP contribution in [0.3, 0.4) is 0 Å². The molecule has 2 N–H and O–H groups in total. The first kappa shape index (κ1) is 17.0. The van der Waals surface area contributed by atoms with Crippen LogP contribution in [0.2, 0.25) is 0 Å². The number of nitrogens with one attached hydrogen (secondary N) is 1. The molecule has 2 heterocycles. The van der Waals surface area contributed by atoms with Gasteiger partial charge in [0, 0.05) is 37.8 Å². The standard InChI is InChI=1S/C18H19F2N3O3/c1-9-8-22(5-4-21-9)17-12(19)6-11-14(24)7-13(18(25)26)23(10-2-3-10)16(11)15(17)20/h6-7,9-10,21H,2-5,8H2,1H3,(H,25,26). The second-order valence-corrected chi connectivity index (χ2v) is 7.02. The number of rotatable bonds is 3. The summed E-state index contributed by atoms with van der Waals surface area (Å²) in [5.41, 5.74) is -1.25. The van der Waals surface area contributed by atoms with Crippen molar-refractivity contribution in [1.82, 2.24) is 9.88 Å². The van der Waals surface area contributed by atoms with Crippen molar-refractivity contribution in [3.63, 3.8) is 0 Å². The topological polar surface area (TPSA) is 74.6 Å². The van der Waals surface area contributed by atoms with E-state index in [4.69, 9.17) is 0 Å². The summed E-state index contributed by atoms with van der Waals surface area (Å²) >= 11 is 0. The predicted octanol–water partition coefficient (Wildman–Crippen LogP) is 2.11. The summed E-state index contributed by atoms with van der Waals surface area (Å²) < 4.78 is 31.5. The monoisotopic (exact) mass is 363 g/mol. The van der Waals surface area contributed by atoms with Crippen LogP contribution >= 0.6 is 0 Å².